The lowest BCUT2D eigenvalue weighted by Gasteiger charge is -2.34. The summed E-state index contributed by atoms with van der Waals surface area (Å²) in [5.41, 5.74) is -0.831. The molecule has 3 heteroatoms. The fourth-order valence-electron chi connectivity index (χ4n) is 2.50. The Balaban J connectivity index is 2.21. The van der Waals surface area contributed by atoms with E-state index in [1.165, 1.54) is 19.3 Å². The third-order valence-electron chi connectivity index (χ3n) is 3.48. The van der Waals surface area contributed by atoms with Gasteiger partial charge in [0.15, 0.2) is 0 Å². The predicted octanol–water partition coefficient (Wildman–Crippen LogP) is 3.83. The van der Waals surface area contributed by atoms with Crippen molar-refractivity contribution in [2.45, 2.75) is 44.6 Å². The van der Waals surface area contributed by atoms with Crippen LogP contribution in [0.25, 0.3) is 0 Å². The van der Waals surface area contributed by atoms with Crippen LogP contribution >= 0.6 is 15.9 Å². The maximum Gasteiger partial charge on any atom is 0.149 e. The first-order chi connectivity index (χ1) is 7.12. The van der Waals surface area contributed by atoms with Crippen molar-refractivity contribution < 1.29 is 9.52 Å². The average molecular weight is 273 g/mol. The topological polar surface area (TPSA) is 33.4 Å². The lowest BCUT2D eigenvalue weighted by molar-refractivity contribution is -0.0397. The molecule has 0 bridgehead atoms. The second-order valence-electron chi connectivity index (χ2n) is 4.58. The third-order valence-corrected chi connectivity index (χ3v) is 4.10. The second kappa shape index (κ2) is 4.30. The summed E-state index contributed by atoms with van der Waals surface area (Å²) in [6, 6.07) is 1.84. The molecular formula is C12H17BrO2. The summed E-state index contributed by atoms with van der Waals surface area (Å²) in [4.78, 5) is 0. The van der Waals surface area contributed by atoms with E-state index >= 15 is 0 Å². The Hall–Kier alpha value is -0.280. The van der Waals surface area contributed by atoms with E-state index in [2.05, 4.69) is 15.9 Å². The highest BCUT2D eigenvalue weighted by atomic mass is 79.9. The van der Waals surface area contributed by atoms with Gasteiger partial charge in [-0.1, -0.05) is 19.3 Å². The van der Waals surface area contributed by atoms with E-state index in [4.69, 9.17) is 4.42 Å². The molecule has 1 unspecified atom stereocenters. The van der Waals surface area contributed by atoms with Crippen molar-refractivity contribution in [3.8, 4) is 0 Å². The van der Waals surface area contributed by atoms with E-state index in [0.717, 1.165) is 17.3 Å². The Labute approximate surface area is 98.8 Å². The molecule has 0 aliphatic heterocycles. The zero-order valence-electron chi connectivity index (χ0n) is 9.00. The van der Waals surface area contributed by atoms with E-state index < -0.39 is 5.60 Å². The van der Waals surface area contributed by atoms with Crippen LogP contribution < -0.4 is 0 Å². The molecule has 1 aromatic rings. The SMILES string of the molecule is CC(O)(c1occc1Br)C1CCCCC1. The third kappa shape index (κ3) is 2.13. The zero-order chi connectivity index (χ0) is 10.9. The standard InChI is InChI=1S/C12H17BrO2/c1-12(14,9-5-3-2-4-6-9)11-10(13)7-8-15-11/h7-9,14H,2-6H2,1H3. The van der Waals surface area contributed by atoms with Crippen molar-refractivity contribution in [3.63, 3.8) is 0 Å². The molecule has 15 heavy (non-hydrogen) atoms. The van der Waals surface area contributed by atoms with Crippen molar-refractivity contribution in [2.75, 3.05) is 0 Å². The maximum atomic E-state index is 10.6. The monoisotopic (exact) mass is 272 g/mol. The van der Waals surface area contributed by atoms with Gasteiger partial charge in [-0.3, -0.25) is 0 Å². The van der Waals surface area contributed by atoms with Crippen LogP contribution in [0.15, 0.2) is 21.2 Å². The van der Waals surface area contributed by atoms with E-state index in [1.54, 1.807) is 6.26 Å². The Morgan fingerprint density at radius 2 is 2.07 bits per heavy atom. The van der Waals surface area contributed by atoms with Crippen LogP contribution in [0.1, 0.15) is 44.8 Å². The minimum absolute atomic E-state index is 0.327. The molecule has 0 spiro atoms. The first-order valence-electron chi connectivity index (χ1n) is 5.58. The number of furan rings is 1. The molecule has 1 saturated carbocycles. The normalized spacial score (nSPS) is 22.6. The number of hydrogen-bond acceptors (Lipinski definition) is 2. The van der Waals surface area contributed by atoms with Crippen molar-refractivity contribution in [3.05, 3.63) is 22.6 Å². The van der Waals surface area contributed by atoms with Crippen LogP contribution in [0.4, 0.5) is 0 Å². The molecule has 0 saturated heterocycles. The van der Waals surface area contributed by atoms with E-state index in [9.17, 15) is 5.11 Å². The molecular weight excluding hydrogens is 256 g/mol. The molecule has 1 fully saturated rings. The van der Waals surface area contributed by atoms with Crippen LogP contribution in [0, 0.1) is 5.92 Å². The predicted molar refractivity (Wildman–Crippen MR) is 62.6 cm³/mol. The Morgan fingerprint density at radius 1 is 1.40 bits per heavy atom. The van der Waals surface area contributed by atoms with Gasteiger partial charge in [0.1, 0.15) is 11.4 Å². The first kappa shape index (κ1) is 11.2. The van der Waals surface area contributed by atoms with Gasteiger partial charge in [-0.05, 0) is 47.7 Å². The molecule has 1 heterocycles. The van der Waals surface area contributed by atoms with Crippen LogP contribution in [-0.2, 0) is 5.60 Å². The van der Waals surface area contributed by atoms with Gasteiger partial charge in [0.25, 0.3) is 0 Å². The number of aliphatic hydroxyl groups is 1. The Morgan fingerprint density at radius 3 is 2.60 bits per heavy atom. The van der Waals surface area contributed by atoms with Crippen molar-refractivity contribution >= 4 is 15.9 Å². The molecule has 2 nitrogen and oxygen atoms in total. The summed E-state index contributed by atoms with van der Waals surface area (Å²) in [5.74, 6) is 1.00. The van der Waals surface area contributed by atoms with Crippen molar-refractivity contribution in [1.29, 1.82) is 0 Å². The van der Waals surface area contributed by atoms with Gasteiger partial charge in [0, 0.05) is 0 Å². The fourth-order valence-corrected chi connectivity index (χ4v) is 3.11. The van der Waals surface area contributed by atoms with Gasteiger partial charge in [-0.15, -0.1) is 0 Å². The van der Waals surface area contributed by atoms with Gasteiger partial charge in [0.2, 0.25) is 0 Å². The Kier molecular flexibility index (Phi) is 3.21. The minimum atomic E-state index is -0.831. The first-order valence-corrected chi connectivity index (χ1v) is 6.37. The summed E-state index contributed by atoms with van der Waals surface area (Å²) >= 11 is 3.41. The van der Waals surface area contributed by atoms with Gasteiger partial charge in [-0.2, -0.15) is 0 Å². The number of rotatable bonds is 2. The molecule has 0 amide bonds. The molecule has 1 aliphatic rings. The summed E-state index contributed by atoms with van der Waals surface area (Å²) in [6.07, 6.45) is 7.56. The maximum absolute atomic E-state index is 10.6. The van der Waals surface area contributed by atoms with Crippen molar-refractivity contribution in [1.82, 2.24) is 0 Å². The van der Waals surface area contributed by atoms with Gasteiger partial charge < -0.3 is 9.52 Å². The average Bonchev–Trinajstić information content (AvgIpc) is 2.66. The highest BCUT2D eigenvalue weighted by molar-refractivity contribution is 9.10. The molecule has 1 aliphatic carbocycles. The van der Waals surface area contributed by atoms with E-state index in [1.807, 2.05) is 13.0 Å². The van der Waals surface area contributed by atoms with Crippen LogP contribution in [-0.4, -0.2) is 5.11 Å². The second-order valence-corrected chi connectivity index (χ2v) is 5.43. The van der Waals surface area contributed by atoms with E-state index in [0.29, 0.717) is 11.7 Å². The highest BCUT2D eigenvalue weighted by Gasteiger charge is 2.38. The van der Waals surface area contributed by atoms with Gasteiger partial charge in [0.05, 0.1) is 10.7 Å². The molecule has 0 radical (unpaired) electrons. The molecule has 1 N–H and O–H groups in total. The smallest absolute Gasteiger partial charge is 0.149 e. The highest BCUT2D eigenvalue weighted by Crippen LogP contribution is 2.41. The van der Waals surface area contributed by atoms with E-state index in [-0.39, 0.29) is 0 Å². The largest absolute Gasteiger partial charge is 0.465 e. The molecule has 84 valence electrons. The van der Waals surface area contributed by atoms with Crippen LogP contribution in [0.2, 0.25) is 0 Å². The molecule has 1 atom stereocenters. The summed E-state index contributed by atoms with van der Waals surface area (Å²) in [7, 11) is 0. The van der Waals surface area contributed by atoms with Gasteiger partial charge in [-0.25, -0.2) is 0 Å². The summed E-state index contributed by atoms with van der Waals surface area (Å²) in [6.45, 7) is 1.87. The summed E-state index contributed by atoms with van der Waals surface area (Å²) < 4.78 is 6.26. The molecule has 2 rings (SSSR count). The molecule has 0 aromatic carbocycles. The Bertz CT molecular complexity index is 324. The minimum Gasteiger partial charge on any atom is -0.465 e. The number of hydrogen-bond donors (Lipinski definition) is 1. The lowest BCUT2D eigenvalue weighted by Crippen LogP contribution is -2.33. The summed E-state index contributed by atoms with van der Waals surface area (Å²) in [5, 5.41) is 10.6. The van der Waals surface area contributed by atoms with Crippen LogP contribution in [0.3, 0.4) is 0 Å². The van der Waals surface area contributed by atoms with Crippen LogP contribution in [0.5, 0.6) is 0 Å². The zero-order valence-corrected chi connectivity index (χ0v) is 10.6. The fraction of sp³-hybridized carbons (Fsp3) is 0.667. The number of halogens is 1. The van der Waals surface area contributed by atoms with Crippen molar-refractivity contribution in [2.24, 2.45) is 5.92 Å². The lowest BCUT2D eigenvalue weighted by atomic mass is 9.77. The molecule has 1 aromatic heterocycles. The quantitative estimate of drug-likeness (QED) is 0.888. The van der Waals surface area contributed by atoms with Gasteiger partial charge >= 0.3 is 0 Å².